The Morgan fingerprint density at radius 2 is 2.00 bits per heavy atom. The van der Waals surface area contributed by atoms with Crippen LogP contribution < -0.4 is 0 Å². The number of benzene rings is 1. The molecule has 130 valence electrons. The number of hydrogen-bond acceptors (Lipinski definition) is 4. The first kappa shape index (κ1) is 17.4. The first-order valence-electron chi connectivity index (χ1n) is 8.32. The van der Waals surface area contributed by atoms with Crippen LogP contribution in [0.5, 0.6) is 0 Å². The smallest absolute Gasteiger partial charge is 0.262 e. The third-order valence-electron chi connectivity index (χ3n) is 4.26. The van der Waals surface area contributed by atoms with Crippen LogP contribution in [0.2, 0.25) is 0 Å². The van der Waals surface area contributed by atoms with Crippen LogP contribution in [-0.4, -0.2) is 41.0 Å². The van der Waals surface area contributed by atoms with Crippen LogP contribution in [-0.2, 0) is 9.59 Å². The van der Waals surface area contributed by atoms with E-state index in [1.165, 1.54) is 4.90 Å². The van der Waals surface area contributed by atoms with E-state index < -0.39 is 0 Å². The molecule has 0 N–H and O–H groups in total. The van der Waals surface area contributed by atoms with Crippen molar-refractivity contribution in [1.82, 2.24) is 9.91 Å². The Balaban J connectivity index is 1.85. The molecule has 6 heteroatoms. The molecule has 1 aromatic carbocycles. The van der Waals surface area contributed by atoms with Crippen molar-refractivity contribution >= 4 is 28.9 Å². The molecule has 0 saturated carbocycles. The Labute approximate surface area is 151 Å². The molecule has 0 aliphatic carbocycles. The Hall–Kier alpha value is -2.47. The first-order chi connectivity index (χ1) is 12.1. The van der Waals surface area contributed by atoms with E-state index in [-0.39, 0.29) is 24.4 Å². The normalized spacial score (nSPS) is 16.6. The second kappa shape index (κ2) is 7.61. The summed E-state index contributed by atoms with van der Waals surface area (Å²) in [5.41, 5.74) is 1.97. The number of nitrogens with zero attached hydrogens (tertiary/aromatic N) is 3. The predicted octanol–water partition coefficient (Wildman–Crippen LogP) is 3.29. The van der Waals surface area contributed by atoms with Crippen molar-refractivity contribution in [2.75, 3.05) is 13.6 Å². The molecule has 2 heterocycles. The third kappa shape index (κ3) is 3.79. The van der Waals surface area contributed by atoms with Gasteiger partial charge in [0.2, 0.25) is 5.91 Å². The SMILES string of the molecule is CCC(=O)N(C)CC(=O)N1N=C(c2cccs2)C[C@@H]1c1ccccc1. The summed E-state index contributed by atoms with van der Waals surface area (Å²) in [5.74, 6) is -0.212. The fourth-order valence-electron chi connectivity index (χ4n) is 2.90. The Bertz CT molecular complexity index is 771. The fraction of sp³-hybridized carbons (Fsp3) is 0.316. The van der Waals surface area contributed by atoms with Gasteiger partial charge in [-0.15, -0.1) is 11.3 Å². The first-order valence-corrected chi connectivity index (χ1v) is 9.20. The molecule has 1 atom stereocenters. The number of carbonyl (C=O) groups excluding carboxylic acids is 2. The minimum absolute atomic E-state index is 0.0389. The number of amides is 2. The summed E-state index contributed by atoms with van der Waals surface area (Å²) in [6, 6.07) is 13.8. The van der Waals surface area contributed by atoms with Crippen molar-refractivity contribution < 1.29 is 9.59 Å². The van der Waals surface area contributed by atoms with E-state index in [1.807, 2.05) is 47.8 Å². The highest BCUT2D eigenvalue weighted by Crippen LogP contribution is 2.33. The molecule has 0 fully saturated rings. The summed E-state index contributed by atoms with van der Waals surface area (Å²) >= 11 is 1.62. The van der Waals surface area contributed by atoms with Crippen LogP contribution >= 0.6 is 11.3 Å². The lowest BCUT2D eigenvalue weighted by molar-refractivity contribution is -0.140. The highest BCUT2D eigenvalue weighted by atomic mass is 32.1. The van der Waals surface area contributed by atoms with Gasteiger partial charge in [0.25, 0.3) is 5.91 Å². The third-order valence-corrected chi connectivity index (χ3v) is 5.18. The molecule has 0 spiro atoms. The molecule has 1 aliphatic heterocycles. The van der Waals surface area contributed by atoms with Crippen molar-refractivity contribution in [1.29, 1.82) is 0 Å². The second-order valence-corrected chi connectivity index (χ2v) is 6.94. The van der Waals surface area contributed by atoms with Gasteiger partial charge in [-0.2, -0.15) is 5.10 Å². The van der Waals surface area contributed by atoms with Crippen LogP contribution in [0, 0.1) is 0 Å². The van der Waals surface area contributed by atoms with Crippen molar-refractivity contribution in [2.24, 2.45) is 5.10 Å². The van der Waals surface area contributed by atoms with Crippen molar-refractivity contribution in [3.8, 4) is 0 Å². The van der Waals surface area contributed by atoms with Gasteiger partial charge in [0.15, 0.2) is 0 Å². The quantitative estimate of drug-likeness (QED) is 0.826. The molecule has 2 aromatic rings. The molecule has 1 aliphatic rings. The molecule has 5 nitrogen and oxygen atoms in total. The van der Waals surface area contributed by atoms with Gasteiger partial charge < -0.3 is 4.90 Å². The van der Waals surface area contributed by atoms with E-state index in [0.717, 1.165) is 16.2 Å². The lowest BCUT2D eigenvalue weighted by Crippen LogP contribution is -2.38. The van der Waals surface area contributed by atoms with Gasteiger partial charge in [0.1, 0.15) is 6.54 Å². The van der Waals surface area contributed by atoms with E-state index in [2.05, 4.69) is 5.10 Å². The number of hydrogen-bond donors (Lipinski definition) is 0. The molecule has 0 radical (unpaired) electrons. The van der Waals surface area contributed by atoms with Crippen molar-refractivity contribution in [3.63, 3.8) is 0 Å². The van der Waals surface area contributed by atoms with E-state index in [9.17, 15) is 9.59 Å². The van der Waals surface area contributed by atoms with E-state index in [4.69, 9.17) is 0 Å². The van der Waals surface area contributed by atoms with Gasteiger partial charge >= 0.3 is 0 Å². The zero-order valence-corrected chi connectivity index (χ0v) is 15.2. The zero-order chi connectivity index (χ0) is 17.8. The van der Waals surface area contributed by atoms with Crippen molar-refractivity contribution in [2.45, 2.75) is 25.8 Å². The standard InChI is InChI=1S/C19H21N3O2S/c1-3-18(23)21(2)13-19(24)22-16(14-8-5-4-6-9-14)12-15(20-22)17-10-7-11-25-17/h4-11,16H,3,12-13H2,1-2H3/t16-/m1/s1. The number of hydrazone groups is 1. The predicted molar refractivity (Wildman–Crippen MR) is 99.4 cm³/mol. The number of carbonyl (C=O) groups is 2. The molecule has 25 heavy (non-hydrogen) atoms. The molecule has 0 unspecified atom stereocenters. The largest absolute Gasteiger partial charge is 0.336 e. The number of rotatable bonds is 5. The summed E-state index contributed by atoms with van der Waals surface area (Å²) in [6.45, 7) is 1.83. The highest BCUT2D eigenvalue weighted by Gasteiger charge is 2.33. The average molecular weight is 355 g/mol. The minimum atomic E-state index is -0.162. The number of likely N-dealkylation sites (N-methyl/N-ethyl adjacent to an activating group) is 1. The summed E-state index contributed by atoms with van der Waals surface area (Å²) in [7, 11) is 1.65. The molecule has 0 saturated heterocycles. The molecule has 1 aromatic heterocycles. The average Bonchev–Trinajstić information content (AvgIpc) is 3.31. The van der Waals surface area contributed by atoms with Gasteiger partial charge in [-0.25, -0.2) is 5.01 Å². The summed E-state index contributed by atoms with van der Waals surface area (Å²) in [6.07, 6.45) is 1.07. The van der Waals surface area contributed by atoms with Crippen LogP contribution in [0.1, 0.15) is 36.2 Å². The lowest BCUT2D eigenvalue weighted by Gasteiger charge is -2.24. The summed E-state index contributed by atoms with van der Waals surface area (Å²) in [4.78, 5) is 27.1. The molecule has 2 amide bonds. The maximum Gasteiger partial charge on any atom is 0.262 e. The van der Waals surface area contributed by atoms with Crippen LogP contribution in [0.25, 0.3) is 0 Å². The van der Waals surface area contributed by atoms with Crippen LogP contribution in [0.15, 0.2) is 52.9 Å². The lowest BCUT2D eigenvalue weighted by atomic mass is 10.0. The van der Waals surface area contributed by atoms with Gasteiger partial charge in [0.05, 0.1) is 16.6 Å². The maximum atomic E-state index is 12.8. The van der Waals surface area contributed by atoms with Gasteiger partial charge in [0, 0.05) is 19.9 Å². The van der Waals surface area contributed by atoms with Gasteiger partial charge in [-0.1, -0.05) is 43.3 Å². The number of thiophene rings is 1. The van der Waals surface area contributed by atoms with E-state index in [0.29, 0.717) is 12.8 Å². The fourth-order valence-corrected chi connectivity index (χ4v) is 3.62. The minimum Gasteiger partial charge on any atom is -0.336 e. The highest BCUT2D eigenvalue weighted by molar-refractivity contribution is 7.12. The summed E-state index contributed by atoms with van der Waals surface area (Å²) in [5, 5.41) is 8.15. The van der Waals surface area contributed by atoms with Crippen LogP contribution in [0.3, 0.4) is 0 Å². The van der Waals surface area contributed by atoms with Gasteiger partial charge in [-0.05, 0) is 17.0 Å². The Morgan fingerprint density at radius 1 is 1.24 bits per heavy atom. The second-order valence-electron chi connectivity index (χ2n) is 6.00. The van der Waals surface area contributed by atoms with E-state index in [1.54, 1.807) is 30.3 Å². The Kier molecular flexibility index (Phi) is 5.28. The molecule has 3 rings (SSSR count). The molecule has 0 bridgehead atoms. The molecular weight excluding hydrogens is 334 g/mol. The van der Waals surface area contributed by atoms with E-state index >= 15 is 0 Å². The maximum absolute atomic E-state index is 12.8. The topological polar surface area (TPSA) is 53.0 Å². The van der Waals surface area contributed by atoms with Crippen LogP contribution in [0.4, 0.5) is 0 Å². The summed E-state index contributed by atoms with van der Waals surface area (Å²) < 4.78 is 0. The van der Waals surface area contributed by atoms with Crippen molar-refractivity contribution in [3.05, 3.63) is 58.3 Å². The Morgan fingerprint density at radius 3 is 2.64 bits per heavy atom. The zero-order valence-electron chi connectivity index (χ0n) is 14.4. The molecular formula is C19H21N3O2S. The monoisotopic (exact) mass is 355 g/mol. The van der Waals surface area contributed by atoms with Gasteiger partial charge in [-0.3, -0.25) is 9.59 Å².